The van der Waals surface area contributed by atoms with Crippen LogP contribution in [0, 0.1) is 17.8 Å². The molecule has 1 aliphatic heterocycles. The zero-order valence-electron chi connectivity index (χ0n) is 12.5. The van der Waals surface area contributed by atoms with Crippen molar-refractivity contribution in [2.24, 2.45) is 17.8 Å². The highest BCUT2D eigenvalue weighted by Gasteiger charge is 2.36. The third-order valence-corrected chi connectivity index (χ3v) is 4.93. The molecule has 6 unspecified atom stereocenters. The minimum Gasteiger partial charge on any atom is -0.394 e. The van der Waals surface area contributed by atoms with Crippen molar-refractivity contribution in [1.29, 1.82) is 0 Å². The summed E-state index contributed by atoms with van der Waals surface area (Å²) in [5.74, 6) is 1.56. The number of aliphatic hydroxyl groups is 2. The minimum atomic E-state index is -0.179. The molecule has 1 saturated carbocycles. The number of rotatable bonds is 3. The predicted molar refractivity (Wildman–Crippen MR) is 74.9 cm³/mol. The Labute approximate surface area is 116 Å². The van der Waals surface area contributed by atoms with Gasteiger partial charge in [0.05, 0.1) is 25.4 Å². The van der Waals surface area contributed by atoms with Crippen LogP contribution in [0.2, 0.25) is 0 Å². The third kappa shape index (κ3) is 3.69. The number of aliphatic hydroxyl groups excluding tert-OH is 2. The van der Waals surface area contributed by atoms with Gasteiger partial charge in [-0.05, 0) is 31.6 Å². The van der Waals surface area contributed by atoms with Crippen LogP contribution < -0.4 is 0 Å². The van der Waals surface area contributed by atoms with Gasteiger partial charge in [-0.15, -0.1) is 0 Å². The summed E-state index contributed by atoms with van der Waals surface area (Å²) in [6.45, 7) is 9.13. The summed E-state index contributed by atoms with van der Waals surface area (Å²) in [7, 11) is 0. The van der Waals surface area contributed by atoms with Gasteiger partial charge in [0, 0.05) is 25.0 Å². The summed E-state index contributed by atoms with van der Waals surface area (Å²) in [6, 6.07) is 0.376. The fourth-order valence-electron chi connectivity index (χ4n) is 3.68. The van der Waals surface area contributed by atoms with E-state index < -0.39 is 0 Å². The van der Waals surface area contributed by atoms with E-state index in [1.54, 1.807) is 0 Å². The zero-order chi connectivity index (χ0) is 14.0. The van der Waals surface area contributed by atoms with E-state index in [9.17, 15) is 10.2 Å². The summed E-state index contributed by atoms with van der Waals surface area (Å²) in [6.07, 6.45) is 1.90. The topological polar surface area (TPSA) is 52.9 Å². The predicted octanol–water partition coefficient (Wildman–Crippen LogP) is 1.11. The van der Waals surface area contributed by atoms with E-state index in [1.807, 2.05) is 0 Å². The molecule has 0 aromatic carbocycles. The molecular weight excluding hydrogens is 242 g/mol. The van der Waals surface area contributed by atoms with Crippen LogP contribution in [0.4, 0.5) is 0 Å². The van der Waals surface area contributed by atoms with Crippen LogP contribution in [0.15, 0.2) is 0 Å². The average molecular weight is 271 g/mol. The normalized spacial score (nSPS) is 45.3. The monoisotopic (exact) mass is 271 g/mol. The lowest BCUT2D eigenvalue weighted by Gasteiger charge is -2.44. The summed E-state index contributed by atoms with van der Waals surface area (Å²) >= 11 is 0. The molecule has 0 aromatic heterocycles. The van der Waals surface area contributed by atoms with Crippen LogP contribution in [0.3, 0.4) is 0 Å². The first kappa shape index (κ1) is 15.2. The van der Waals surface area contributed by atoms with Gasteiger partial charge in [-0.25, -0.2) is 0 Å². The molecule has 112 valence electrons. The number of nitrogens with zero attached hydrogens (tertiary/aromatic N) is 1. The molecule has 0 amide bonds. The first-order valence-electron chi connectivity index (χ1n) is 7.65. The van der Waals surface area contributed by atoms with Crippen molar-refractivity contribution >= 4 is 0 Å². The zero-order valence-corrected chi connectivity index (χ0v) is 12.5. The second kappa shape index (κ2) is 6.53. The molecule has 1 heterocycles. The Morgan fingerprint density at radius 1 is 1.21 bits per heavy atom. The molecule has 19 heavy (non-hydrogen) atoms. The molecule has 0 bridgehead atoms. The largest absolute Gasteiger partial charge is 0.394 e. The van der Waals surface area contributed by atoms with Crippen LogP contribution in [0.25, 0.3) is 0 Å². The quantitative estimate of drug-likeness (QED) is 0.807. The van der Waals surface area contributed by atoms with Crippen LogP contribution in [-0.2, 0) is 4.74 Å². The second-order valence-corrected chi connectivity index (χ2v) is 6.73. The van der Waals surface area contributed by atoms with E-state index in [0.717, 1.165) is 19.5 Å². The van der Waals surface area contributed by atoms with Crippen LogP contribution in [-0.4, -0.2) is 59.7 Å². The first-order chi connectivity index (χ1) is 9.01. The fourth-order valence-corrected chi connectivity index (χ4v) is 3.68. The van der Waals surface area contributed by atoms with Gasteiger partial charge in [-0.2, -0.15) is 0 Å². The number of ether oxygens (including phenoxy) is 1. The number of hydrogen-bond acceptors (Lipinski definition) is 4. The Morgan fingerprint density at radius 2 is 1.95 bits per heavy atom. The number of hydrogen-bond donors (Lipinski definition) is 2. The highest BCUT2D eigenvalue weighted by molar-refractivity contribution is 4.87. The molecule has 1 aliphatic carbocycles. The molecule has 0 radical (unpaired) electrons. The van der Waals surface area contributed by atoms with Gasteiger partial charge < -0.3 is 14.9 Å². The van der Waals surface area contributed by atoms with Crippen molar-refractivity contribution in [3.8, 4) is 0 Å². The highest BCUT2D eigenvalue weighted by atomic mass is 16.5. The van der Waals surface area contributed by atoms with Crippen LogP contribution in [0.5, 0.6) is 0 Å². The molecule has 2 N–H and O–H groups in total. The molecule has 6 atom stereocenters. The lowest BCUT2D eigenvalue weighted by atomic mass is 9.73. The number of morpholine rings is 1. The van der Waals surface area contributed by atoms with Crippen molar-refractivity contribution in [3.63, 3.8) is 0 Å². The molecule has 2 rings (SSSR count). The smallest absolute Gasteiger partial charge is 0.0933 e. The lowest BCUT2D eigenvalue weighted by Crippen LogP contribution is -2.53. The molecule has 0 aromatic rings. The maximum absolute atomic E-state index is 10.3. The van der Waals surface area contributed by atoms with E-state index in [0.29, 0.717) is 30.4 Å². The van der Waals surface area contributed by atoms with Gasteiger partial charge in [-0.3, -0.25) is 4.90 Å². The molecule has 2 fully saturated rings. The molecule has 0 spiro atoms. The molecule has 1 saturated heterocycles. The Balaban J connectivity index is 1.94. The van der Waals surface area contributed by atoms with E-state index >= 15 is 0 Å². The SMILES string of the molecule is CC1CC(C)C(CN2CC(CO)OCC2C)C(O)C1. The summed E-state index contributed by atoms with van der Waals surface area (Å²) < 4.78 is 5.58. The van der Waals surface area contributed by atoms with Gasteiger partial charge in [0.15, 0.2) is 0 Å². The Kier molecular flexibility index (Phi) is 5.23. The Bertz CT molecular complexity index is 275. The van der Waals surface area contributed by atoms with E-state index in [2.05, 4.69) is 25.7 Å². The summed E-state index contributed by atoms with van der Waals surface area (Å²) in [5.41, 5.74) is 0. The Hall–Kier alpha value is -0.160. The molecule has 4 heteroatoms. The molecule has 4 nitrogen and oxygen atoms in total. The summed E-state index contributed by atoms with van der Waals surface area (Å²) in [4.78, 5) is 2.38. The van der Waals surface area contributed by atoms with E-state index in [-0.39, 0.29) is 18.8 Å². The van der Waals surface area contributed by atoms with Crippen molar-refractivity contribution in [1.82, 2.24) is 4.90 Å². The highest BCUT2D eigenvalue weighted by Crippen LogP contribution is 2.34. The molecule has 2 aliphatic rings. The third-order valence-electron chi connectivity index (χ3n) is 4.93. The minimum absolute atomic E-state index is 0.0637. The fraction of sp³-hybridized carbons (Fsp3) is 1.00. The van der Waals surface area contributed by atoms with Gasteiger partial charge in [0.2, 0.25) is 0 Å². The van der Waals surface area contributed by atoms with Crippen molar-refractivity contribution < 1.29 is 14.9 Å². The van der Waals surface area contributed by atoms with Gasteiger partial charge >= 0.3 is 0 Å². The van der Waals surface area contributed by atoms with Gasteiger partial charge in [0.25, 0.3) is 0 Å². The van der Waals surface area contributed by atoms with E-state index in [1.165, 1.54) is 6.42 Å². The second-order valence-electron chi connectivity index (χ2n) is 6.73. The first-order valence-corrected chi connectivity index (χ1v) is 7.65. The van der Waals surface area contributed by atoms with Crippen molar-refractivity contribution in [2.45, 2.75) is 51.9 Å². The maximum Gasteiger partial charge on any atom is 0.0933 e. The molecular formula is C15H29NO3. The maximum atomic E-state index is 10.3. The van der Waals surface area contributed by atoms with Crippen LogP contribution >= 0.6 is 0 Å². The van der Waals surface area contributed by atoms with Gasteiger partial charge in [0.1, 0.15) is 0 Å². The van der Waals surface area contributed by atoms with E-state index in [4.69, 9.17) is 4.74 Å². The summed E-state index contributed by atoms with van der Waals surface area (Å²) in [5, 5.41) is 19.6. The van der Waals surface area contributed by atoms with Crippen molar-refractivity contribution in [2.75, 3.05) is 26.3 Å². The van der Waals surface area contributed by atoms with Crippen molar-refractivity contribution in [3.05, 3.63) is 0 Å². The average Bonchev–Trinajstić information content (AvgIpc) is 2.35. The van der Waals surface area contributed by atoms with Crippen LogP contribution in [0.1, 0.15) is 33.6 Å². The standard InChI is InChI=1S/C15H29NO3/c1-10-4-11(2)14(15(18)5-10)7-16-6-13(8-17)19-9-12(16)3/h10-15,17-18H,4-9H2,1-3H3. The lowest BCUT2D eigenvalue weighted by molar-refractivity contribution is -0.0946. The van der Waals surface area contributed by atoms with Gasteiger partial charge in [-0.1, -0.05) is 13.8 Å². The Morgan fingerprint density at radius 3 is 2.58 bits per heavy atom.